The summed E-state index contributed by atoms with van der Waals surface area (Å²) in [5, 5.41) is 3.19. The Balaban J connectivity index is 1.69. The number of benzene rings is 1. The molecule has 2 aromatic rings. The van der Waals surface area contributed by atoms with Gasteiger partial charge in [0, 0.05) is 44.9 Å². The van der Waals surface area contributed by atoms with Crippen LogP contribution in [0.3, 0.4) is 0 Å². The van der Waals surface area contributed by atoms with Crippen molar-refractivity contribution in [2.45, 2.75) is 19.0 Å². The third kappa shape index (κ3) is 3.21. The highest BCUT2D eigenvalue weighted by Gasteiger charge is 2.33. The Kier molecular flexibility index (Phi) is 4.44. The molecule has 1 amide bonds. The molecule has 2 heterocycles. The van der Waals surface area contributed by atoms with Crippen LogP contribution in [0.2, 0.25) is 0 Å². The van der Waals surface area contributed by atoms with Gasteiger partial charge >= 0.3 is 0 Å². The van der Waals surface area contributed by atoms with Crippen molar-refractivity contribution in [2.24, 2.45) is 7.05 Å². The van der Waals surface area contributed by atoms with Crippen molar-refractivity contribution < 1.29 is 13.6 Å². The number of carbonyl (C=O) groups is 1. The fourth-order valence-electron chi connectivity index (χ4n) is 2.83. The smallest absolute Gasteiger partial charge is 0.250 e. The highest BCUT2D eigenvalue weighted by molar-refractivity contribution is 5.96. The fourth-order valence-corrected chi connectivity index (χ4v) is 2.83. The summed E-state index contributed by atoms with van der Waals surface area (Å²) in [4.78, 5) is 24.6. The van der Waals surface area contributed by atoms with Gasteiger partial charge in [0.1, 0.15) is 17.3 Å². The van der Waals surface area contributed by atoms with Crippen molar-refractivity contribution in [3.05, 3.63) is 64.1 Å². The predicted octanol–water partition coefficient (Wildman–Crippen LogP) is 1.56. The number of carbonyl (C=O) groups excluding carboxylic acids is 1. The van der Waals surface area contributed by atoms with Crippen LogP contribution in [0.4, 0.5) is 14.5 Å². The molecule has 1 aliphatic rings. The van der Waals surface area contributed by atoms with Gasteiger partial charge in [-0.3, -0.25) is 9.59 Å². The van der Waals surface area contributed by atoms with Crippen LogP contribution in [0.1, 0.15) is 12.0 Å². The van der Waals surface area contributed by atoms with E-state index in [-0.39, 0.29) is 36.2 Å². The summed E-state index contributed by atoms with van der Waals surface area (Å²) in [6, 6.07) is 6.50. The first-order chi connectivity index (χ1) is 11.5. The minimum atomic E-state index is -0.748. The third-order valence-corrected chi connectivity index (χ3v) is 4.07. The number of hydrogen-bond donors (Lipinski definition) is 1. The monoisotopic (exact) mass is 333 g/mol. The van der Waals surface area contributed by atoms with E-state index in [0.717, 1.165) is 22.6 Å². The molecule has 0 aliphatic carbocycles. The highest BCUT2D eigenvalue weighted by Crippen LogP contribution is 2.27. The van der Waals surface area contributed by atoms with Crippen LogP contribution in [-0.4, -0.2) is 23.1 Å². The second kappa shape index (κ2) is 6.52. The van der Waals surface area contributed by atoms with Crippen LogP contribution in [0.5, 0.6) is 0 Å². The van der Waals surface area contributed by atoms with Crippen molar-refractivity contribution in [1.29, 1.82) is 0 Å². The molecule has 1 saturated heterocycles. The lowest BCUT2D eigenvalue weighted by atomic mass is 10.2. The number of hydrogen-bond acceptors (Lipinski definition) is 3. The van der Waals surface area contributed by atoms with Gasteiger partial charge in [0.05, 0.1) is 0 Å². The molecule has 1 fully saturated rings. The SMILES string of the molecule is Cn1cc(CNC2CC(=O)N(c3c(F)cccc3F)C2)ccc1=O. The number of anilines is 1. The molecule has 24 heavy (non-hydrogen) atoms. The standard InChI is InChI=1S/C17H17F2N3O2/c1-21-9-11(5-6-15(21)23)8-20-12-7-16(24)22(10-12)17-13(18)3-2-4-14(17)19/h2-6,9,12,20H,7-8,10H2,1H3. The molecule has 0 bridgehead atoms. The zero-order chi connectivity index (χ0) is 17.3. The first kappa shape index (κ1) is 16.3. The van der Waals surface area contributed by atoms with Crippen LogP contribution in [0.25, 0.3) is 0 Å². The molecule has 1 aliphatic heterocycles. The van der Waals surface area contributed by atoms with E-state index in [1.165, 1.54) is 16.7 Å². The zero-order valence-electron chi connectivity index (χ0n) is 13.1. The van der Waals surface area contributed by atoms with Crippen LogP contribution in [0.15, 0.2) is 41.3 Å². The molecule has 0 radical (unpaired) electrons. The third-order valence-electron chi connectivity index (χ3n) is 4.07. The van der Waals surface area contributed by atoms with E-state index in [1.807, 2.05) is 0 Å². The highest BCUT2D eigenvalue weighted by atomic mass is 19.1. The maximum Gasteiger partial charge on any atom is 0.250 e. The molecule has 1 N–H and O–H groups in total. The Bertz CT molecular complexity index is 815. The molecule has 1 atom stereocenters. The van der Waals surface area contributed by atoms with Crippen LogP contribution in [0, 0.1) is 11.6 Å². The molecule has 0 saturated carbocycles. The second-order valence-corrected chi connectivity index (χ2v) is 5.84. The minimum Gasteiger partial charge on any atom is -0.318 e. The number of amides is 1. The number of aromatic nitrogens is 1. The van der Waals surface area contributed by atoms with Crippen molar-refractivity contribution in [2.75, 3.05) is 11.4 Å². The number of para-hydroxylation sites is 1. The van der Waals surface area contributed by atoms with E-state index in [0.29, 0.717) is 6.54 Å². The summed E-state index contributed by atoms with van der Waals surface area (Å²) >= 11 is 0. The molecular formula is C17H17F2N3O2. The first-order valence-corrected chi connectivity index (χ1v) is 7.59. The lowest BCUT2D eigenvalue weighted by Gasteiger charge is -2.18. The Hall–Kier alpha value is -2.54. The van der Waals surface area contributed by atoms with Crippen LogP contribution < -0.4 is 15.8 Å². The number of nitrogens with one attached hydrogen (secondary N) is 1. The van der Waals surface area contributed by atoms with E-state index in [1.54, 1.807) is 19.3 Å². The van der Waals surface area contributed by atoms with Crippen molar-refractivity contribution in [3.63, 3.8) is 0 Å². The number of aryl methyl sites for hydroxylation is 1. The Morgan fingerprint density at radius 3 is 2.54 bits per heavy atom. The number of halogens is 2. The summed E-state index contributed by atoms with van der Waals surface area (Å²) < 4.78 is 29.2. The van der Waals surface area contributed by atoms with Gasteiger partial charge in [-0.15, -0.1) is 0 Å². The lowest BCUT2D eigenvalue weighted by Crippen LogP contribution is -2.33. The van der Waals surface area contributed by atoms with Gasteiger partial charge in [0.25, 0.3) is 0 Å². The largest absolute Gasteiger partial charge is 0.318 e. The normalized spacial score (nSPS) is 17.5. The summed E-state index contributed by atoms with van der Waals surface area (Å²) in [6.45, 7) is 0.655. The topological polar surface area (TPSA) is 54.3 Å². The van der Waals surface area contributed by atoms with Crippen LogP contribution >= 0.6 is 0 Å². The summed E-state index contributed by atoms with van der Waals surface area (Å²) in [6.07, 6.45) is 1.87. The van der Waals surface area contributed by atoms with Crippen molar-refractivity contribution in [1.82, 2.24) is 9.88 Å². The Labute approximate surface area is 137 Å². The van der Waals surface area contributed by atoms with Crippen molar-refractivity contribution >= 4 is 11.6 Å². The van der Waals surface area contributed by atoms with Gasteiger partial charge in [-0.1, -0.05) is 12.1 Å². The van der Waals surface area contributed by atoms with Crippen LogP contribution in [-0.2, 0) is 18.4 Å². The molecule has 3 rings (SSSR count). The second-order valence-electron chi connectivity index (χ2n) is 5.84. The molecule has 1 aromatic carbocycles. The predicted molar refractivity (Wildman–Crippen MR) is 85.6 cm³/mol. The number of pyridine rings is 1. The van der Waals surface area contributed by atoms with Gasteiger partial charge in [-0.05, 0) is 17.7 Å². The fraction of sp³-hybridized carbons (Fsp3) is 0.294. The van der Waals surface area contributed by atoms with E-state index < -0.39 is 11.6 Å². The Morgan fingerprint density at radius 1 is 1.17 bits per heavy atom. The van der Waals surface area contributed by atoms with Gasteiger partial charge in [0.15, 0.2) is 0 Å². The number of nitrogens with zero attached hydrogens (tertiary/aromatic N) is 2. The summed E-state index contributed by atoms with van der Waals surface area (Å²) in [5.74, 6) is -1.82. The van der Waals surface area contributed by atoms with Gasteiger partial charge in [-0.25, -0.2) is 8.78 Å². The zero-order valence-corrected chi connectivity index (χ0v) is 13.1. The average Bonchev–Trinajstić information content (AvgIpc) is 2.89. The van der Waals surface area contributed by atoms with E-state index in [4.69, 9.17) is 0 Å². The summed E-state index contributed by atoms with van der Waals surface area (Å²) in [5.41, 5.74) is 0.491. The quantitative estimate of drug-likeness (QED) is 0.924. The molecule has 1 unspecified atom stereocenters. The van der Waals surface area contributed by atoms with Gasteiger partial charge in [0.2, 0.25) is 11.5 Å². The molecule has 0 spiro atoms. The van der Waals surface area contributed by atoms with Gasteiger partial charge in [-0.2, -0.15) is 0 Å². The molecule has 1 aromatic heterocycles. The van der Waals surface area contributed by atoms with E-state index in [9.17, 15) is 18.4 Å². The van der Waals surface area contributed by atoms with Crippen molar-refractivity contribution in [3.8, 4) is 0 Å². The first-order valence-electron chi connectivity index (χ1n) is 7.59. The maximum atomic E-state index is 13.8. The van der Waals surface area contributed by atoms with Gasteiger partial charge < -0.3 is 14.8 Å². The summed E-state index contributed by atoms with van der Waals surface area (Å²) in [7, 11) is 1.66. The molecular weight excluding hydrogens is 316 g/mol. The number of rotatable bonds is 4. The minimum absolute atomic E-state index is 0.101. The molecule has 7 heteroatoms. The van der Waals surface area contributed by atoms with E-state index >= 15 is 0 Å². The average molecular weight is 333 g/mol. The molecule has 5 nitrogen and oxygen atoms in total. The van der Waals surface area contributed by atoms with E-state index in [2.05, 4.69) is 5.32 Å². The molecule has 126 valence electrons. The Morgan fingerprint density at radius 2 is 1.88 bits per heavy atom. The maximum absolute atomic E-state index is 13.8. The lowest BCUT2D eigenvalue weighted by molar-refractivity contribution is -0.117.